The second-order valence-electron chi connectivity index (χ2n) is 14.1. The lowest BCUT2D eigenvalue weighted by atomic mass is 9.81. The highest BCUT2D eigenvalue weighted by Crippen LogP contribution is 2.55. The molecule has 0 N–H and O–H groups in total. The molecular formula is C47H39N. The Labute approximate surface area is 284 Å². The lowest BCUT2D eigenvalue weighted by molar-refractivity contribution is 0.660. The molecule has 0 radical (unpaired) electrons. The summed E-state index contributed by atoms with van der Waals surface area (Å²) in [4.78, 5) is 2.58. The van der Waals surface area contributed by atoms with Crippen molar-refractivity contribution < 1.29 is 0 Å². The molecule has 5 aliphatic carbocycles. The highest BCUT2D eigenvalue weighted by atomic mass is 15.1. The highest BCUT2D eigenvalue weighted by molar-refractivity contribution is 6.01. The molecule has 0 saturated heterocycles. The molecule has 5 aliphatic rings. The van der Waals surface area contributed by atoms with Gasteiger partial charge in [-0.05, 0) is 111 Å². The molecule has 1 nitrogen and oxygen atoms in total. The number of aryl methyl sites for hydroxylation is 4. The first kappa shape index (κ1) is 28.8. The minimum absolute atomic E-state index is 0.136. The van der Waals surface area contributed by atoms with Crippen LogP contribution in [-0.2, 0) is 31.1 Å². The molecule has 0 saturated carbocycles. The first-order chi connectivity index (χ1) is 23.5. The zero-order chi connectivity index (χ0) is 32.2. The molecule has 48 heavy (non-hydrogen) atoms. The molecule has 232 valence electrons. The van der Waals surface area contributed by atoms with E-state index in [9.17, 15) is 0 Å². The van der Waals surface area contributed by atoms with Gasteiger partial charge >= 0.3 is 0 Å². The number of hydrogen-bond donors (Lipinski definition) is 0. The standard InChI is InChI=1S/C47H39N/c1-47(2)42-17-9-8-16-40(42)46-41(36-11-4-3-5-12-36)30-38(31-43(46)47)48(44-18-10-14-35-13-6-7-15-39(35)44)45-29-34-24-23-32-19-21-33(22-20-32)25-27-37(45)28-26-34/h3-22,26,28-31H,23-25,27H2,1-2H3. The molecule has 0 spiro atoms. The fraction of sp³-hybridized carbons (Fsp3) is 0.149. The van der Waals surface area contributed by atoms with Crippen molar-refractivity contribution in [2.24, 2.45) is 0 Å². The van der Waals surface area contributed by atoms with Gasteiger partial charge in [-0.2, -0.15) is 0 Å². The van der Waals surface area contributed by atoms with E-state index in [0.29, 0.717) is 0 Å². The van der Waals surface area contributed by atoms with Gasteiger partial charge in [-0.25, -0.2) is 0 Å². The van der Waals surface area contributed by atoms with Crippen LogP contribution in [0.3, 0.4) is 0 Å². The van der Waals surface area contributed by atoms with Gasteiger partial charge in [-0.15, -0.1) is 0 Å². The molecule has 0 unspecified atom stereocenters. The first-order valence-electron chi connectivity index (χ1n) is 17.4. The molecule has 12 rings (SSSR count). The Bertz CT molecular complexity index is 2300. The Balaban J connectivity index is 1.34. The summed E-state index contributed by atoms with van der Waals surface area (Å²) in [6, 6.07) is 57.2. The Hall–Kier alpha value is -5.40. The minimum Gasteiger partial charge on any atom is -0.310 e. The minimum atomic E-state index is -0.136. The molecule has 0 fully saturated rings. The van der Waals surface area contributed by atoms with Crippen molar-refractivity contribution in [3.05, 3.63) is 185 Å². The number of benzene rings is 7. The van der Waals surface area contributed by atoms with Gasteiger partial charge in [-0.3, -0.25) is 0 Å². The second kappa shape index (κ2) is 11.4. The fourth-order valence-corrected chi connectivity index (χ4v) is 8.21. The predicted molar refractivity (Wildman–Crippen MR) is 203 cm³/mol. The maximum Gasteiger partial charge on any atom is 0.0540 e. The average Bonchev–Trinajstić information content (AvgIpc) is 3.36. The maximum atomic E-state index is 2.58. The van der Waals surface area contributed by atoms with Crippen LogP contribution in [0.4, 0.5) is 17.1 Å². The molecule has 0 amide bonds. The van der Waals surface area contributed by atoms with Crippen LogP contribution in [0.25, 0.3) is 33.0 Å². The number of nitrogens with zero attached hydrogens (tertiary/aromatic N) is 1. The van der Waals surface area contributed by atoms with E-state index in [4.69, 9.17) is 0 Å². The third-order valence-corrected chi connectivity index (χ3v) is 10.8. The van der Waals surface area contributed by atoms with Gasteiger partial charge < -0.3 is 4.90 Å². The smallest absolute Gasteiger partial charge is 0.0540 e. The summed E-state index contributed by atoms with van der Waals surface area (Å²) in [6.07, 6.45) is 4.04. The largest absolute Gasteiger partial charge is 0.310 e. The lowest BCUT2D eigenvalue weighted by Crippen LogP contribution is -2.18. The van der Waals surface area contributed by atoms with E-state index < -0.39 is 0 Å². The van der Waals surface area contributed by atoms with Crippen LogP contribution < -0.4 is 4.90 Å². The molecule has 0 atom stereocenters. The molecule has 1 heteroatoms. The van der Waals surface area contributed by atoms with Crippen LogP contribution in [0.2, 0.25) is 0 Å². The summed E-state index contributed by atoms with van der Waals surface area (Å²) in [5.41, 5.74) is 17.2. The van der Waals surface area contributed by atoms with E-state index in [1.165, 1.54) is 83.5 Å². The third-order valence-electron chi connectivity index (χ3n) is 10.8. The second-order valence-corrected chi connectivity index (χ2v) is 14.1. The average molecular weight is 618 g/mol. The topological polar surface area (TPSA) is 3.24 Å². The van der Waals surface area contributed by atoms with Crippen LogP contribution in [-0.4, -0.2) is 0 Å². The molecule has 0 heterocycles. The molecule has 4 bridgehead atoms. The van der Waals surface area contributed by atoms with Gasteiger partial charge in [0, 0.05) is 22.2 Å². The quantitative estimate of drug-likeness (QED) is 0.190. The normalized spacial score (nSPS) is 14.3. The van der Waals surface area contributed by atoms with Crippen molar-refractivity contribution >= 4 is 27.8 Å². The van der Waals surface area contributed by atoms with Crippen molar-refractivity contribution in [3.8, 4) is 22.3 Å². The van der Waals surface area contributed by atoms with Crippen LogP contribution >= 0.6 is 0 Å². The van der Waals surface area contributed by atoms with Crippen LogP contribution in [0.5, 0.6) is 0 Å². The summed E-state index contributed by atoms with van der Waals surface area (Å²) in [5, 5.41) is 2.51. The van der Waals surface area contributed by atoms with Crippen molar-refractivity contribution in [3.63, 3.8) is 0 Å². The van der Waals surface area contributed by atoms with Gasteiger partial charge in [0.2, 0.25) is 0 Å². The van der Waals surface area contributed by atoms with Crippen LogP contribution in [0.1, 0.15) is 47.2 Å². The summed E-state index contributed by atoms with van der Waals surface area (Å²) < 4.78 is 0. The first-order valence-corrected chi connectivity index (χ1v) is 17.4. The highest BCUT2D eigenvalue weighted by Gasteiger charge is 2.38. The van der Waals surface area contributed by atoms with Crippen LogP contribution in [0.15, 0.2) is 152 Å². The van der Waals surface area contributed by atoms with Gasteiger partial charge in [0.1, 0.15) is 0 Å². The Morgan fingerprint density at radius 1 is 0.479 bits per heavy atom. The van der Waals surface area contributed by atoms with Gasteiger partial charge in [0.15, 0.2) is 0 Å². The van der Waals surface area contributed by atoms with Gasteiger partial charge in [0.25, 0.3) is 0 Å². The Kier molecular flexibility index (Phi) is 6.83. The Morgan fingerprint density at radius 3 is 1.98 bits per heavy atom. The summed E-state index contributed by atoms with van der Waals surface area (Å²) in [6.45, 7) is 4.79. The predicted octanol–water partition coefficient (Wildman–Crippen LogP) is 12.2. The van der Waals surface area contributed by atoms with E-state index >= 15 is 0 Å². The lowest BCUT2D eigenvalue weighted by Gasteiger charge is -2.32. The number of fused-ring (bicyclic) bond motifs is 4. The van der Waals surface area contributed by atoms with E-state index in [1.807, 2.05) is 0 Å². The van der Waals surface area contributed by atoms with Gasteiger partial charge in [-0.1, -0.05) is 141 Å². The fourth-order valence-electron chi connectivity index (χ4n) is 8.21. The van der Waals surface area contributed by atoms with E-state index in [1.54, 1.807) is 0 Å². The molecule has 7 aromatic rings. The molecule has 0 aliphatic heterocycles. The summed E-state index contributed by atoms with van der Waals surface area (Å²) in [5.74, 6) is 0. The maximum absolute atomic E-state index is 2.58. The van der Waals surface area contributed by atoms with Crippen molar-refractivity contribution in [1.82, 2.24) is 0 Å². The summed E-state index contributed by atoms with van der Waals surface area (Å²) in [7, 11) is 0. The zero-order valence-corrected chi connectivity index (χ0v) is 27.7. The Morgan fingerprint density at radius 2 is 1.15 bits per heavy atom. The number of anilines is 3. The number of rotatable bonds is 4. The molecular weight excluding hydrogens is 579 g/mol. The van der Waals surface area contributed by atoms with Crippen LogP contribution in [0, 0.1) is 0 Å². The van der Waals surface area contributed by atoms with E-state index in [-0.39, 0.29) is 5.41 Å². The van der Waals surface area contributed by atoms with Crippen molar-refractivity contribution in [1.29, 1.82) is 0 Å². The van der Waals surface area contributed by atoms with E-state index in [2.05, 4.69) is 170 Å². The van der Waals surface area contributed by atoms with E-state index in [0.717, 1.165) is 25.7 Å². The monoisotopic (exact) mass is 617 g/mol. The van der Waals surface area contributed by atoms with Crippen molar-refractivity contribution in [2.75, 3.05) is 4.90 Å². The third kappa shape index (κ3) is 4.76. The summed E-state index contributed by atoms with van der Waals surface area (Å²) >= 11 is 0. The van der Waals surface area contributed by atoms with Crippen molar-refractivity contribution in [2.45, 2.75) is 44.9 Å². The zero-order valence-electron chi connectivity index (χ0n) is 27.7. The number of hydrogen-bond acceptors (Lipinski definition) is 1. The molecule has 0 aromatic heterocycles. The SMILES string of the molecule is CC1(C)c2ccccc2-c2c(-c3ccccc3)cc(N(c3cc4ccc3CCc3ccc(cc3)CC4)c3cccc4ccccc34)cc21. The van der Waals surface area contributed by atoms with Gasteiger partial charge in [0.05, 0.1) is 5.69 Å². The molecule has 7 aromatic carbocycles.